The molecule has 0 radical (unpaired) electrons. The van der Waals surface area contributed by atoms with E-state index < -0.39 is 0 Å². The first-order valence-electron chi connectivity index (χ1n) is 8.59. The summed E-state index contributed by atoms with van der Waals surface area (Å²) in [7, 11) is 0. The van der Waals surface area contributed by atoms with Crippen LogP contribution in [0.1, 0.15) is 30.7 Å². The molecular weight excluding hydrogens is 304 g/mol. The van der Waals surface area contributed by atoms with Crippen LogP contribution in [0.5, 0.6) is 0 Å². The number of hydrogen-bond donors (Lipinski definition) is 0. The lowest BCUT2D eigenvalue weighted by molar-refractivity contribution is 0.0605. The van der Waals surface area contributed by atoms with E-state index in [1.54, 1.807) is 11.3 Å². The lowest BCUT2D eigenvalue weighted by Crippen LogP contribution is -2.49. The Balaban J connectivity index is 1.38. The average Bonchev–Trinajstić information content (AvgIpc) is 3.10. The Morgan fingerprint density at radius 1 is 1.13 bits per heavy atom. The summed E-state index contributed by atoms with van der Waals surface area (Å²) >= 11 is 1.78. The van der Waals surface area contributed by atoms with Crippen molar-refractivity contribution < 1.29 is 0 Å². The monoisotopic (exact) mass is 328 g/mol. The van der Waals surface area contributed by atoms with Crippen LogP contribution in [0, 0.1) is 5.41 Å². The van der Waals surface area contributed by atoms with Gasteiger partial charge < -0.3 is 4.90 Å². The van der Waals surface area contributed by atoms with Gasteiger partial charge in [0.2, 0.25) is 0 Å². The minimum Gasteiger partial charge on any atom is -0.370 e. The first-order valence-corrected chi connectivity index (χ1v) is 9.47. The first-order chi connectivity index (χ1) is 11.3. The Bertz CT molecular complexity index is 605. The summed E-state index contributed by atoms with van der Waals surface area (Å²) < 4.78 is 0. The number of likely N-dealkylation sites (tertiary alicyclic amines) is 1. The molecule has 23 heavy (non-hydrogen) atoms. The fraction of sp³-hybridized carbons (Fsp3) is 0.556. The highest BCUT2D eigenvalue weighted by atomic mass is 32.1. The van der Waals surface area contributed by atoms with Crippen LogP contribution in [0.3, 0.4) is 0 Å². The van der Waals surface area contributed by atoms with Gasteiger partial charge in [-0.2, -0.15) is 0 Å². The minimum atomic E-state index is 0.522. The van der Waals surface area contributed by atoms with Crippen LogP contribution in [0.2, 0.25) is 0 Å². The maximum atomic E-state index is 4.46. The average molecular weight is 328 g/mol. The molecule has 2 aromatic heterocycles. The third-order valence-corrected chi connectivity index (χ3v) is 6.18. The second-order valence-corrected chi connectivity index (χ2v) is 7.92. The van der Waals surface area contributed by atoms with E-state index in [9.17, 15) is 0 Å². The third-order valence-electron chi connectivity index (χ3n) is 5.42. The van der Waals surface area contributed by atoms with Crippen molar-refractivity contribution in [1.29, 1.82) is 0 Å². The number of anilines is 1. The summed E-state index contributed by atoms with van der Waals surface area (Å²) in [4.78, 5) is 13.8. The summed E-state index contributed by atoms with van der Waals surface area (Å²) in [5.41, 5.74) is 1.80. The van der Waals surface area contributed by atoms with E-state index in [-0.39, 0.29) is 0 Å². The maximum Gasteiger partial charge on any atom is 0.107 e. The van der Waals surface area contributed by atoms with Crippen molar-refractivity contribution in [1.82, 2.24) is 14.9 Å². The van der Waals surface area contributed by atoms with Gasteiger partial charge in [0, 0.05) is 37.4 Å². The fourth-order valence-electron chi connectivity index (χ4n) is 4.16. The number of rotatable bonds is 3. The quantitative estimate of drug-likeness (QED) is 0.864. The first kappa shape index (κ1) is 15.1. The number of thiazole rings is 1. The molecule has 4 rings (SSSR count). The fourth-order valence-corrected chi connectivity index (χ4v) is 4.81. The van der Waals surface area contributed by atoms with Crippen molar-refractivity contribution >= 4 is 17.0 Å². The Kier molecular flexibility index (Phi) is 4.31. The van der Waals surface area contributed by atoms with Crippen molar-refractivity contribution in [2.75, 3.05) is 31.1 Å². The smallest absolute Gasteiger partial charge is 0.107 e. The molecule has 2 saturated heterocycles. The largest absolute Gasteiger partial charge is 0.370 e. The normalized spacial score (nSPS) is 21.7. The van der Waals surface area contributed by atoms with E-state index >= 15 is 0 Å². The van der Waals surface area contributed by atoms with E-state index in [0.717, 1.165) is 19.6 Å². The molecule has 0 atom stereocenters. The Hall–Kier alpha value is -1.46. The molecule has 0 aliphatic carbocycles. The molecule has 2 aliphatic heterocycles. The van der Waals surface area contributed by atoms with Crippen molar-refractivity contribution in [2.24, 2.45) is 5.41 Å². The van der Waals surface area contributed by atoms with E-state index in [1.807, 2.05) is 24.7 Å². The molecule has 0 unspecified atom stereocenters. The highest BCUT2D eigenvalue weighted by molar-refractivity contribution is 7.09. The molecule has 4 heterocycles. The number of nitrogens with zero attached hydrogens (tertiary/aromatic N) is 4. The summed E-state index contributed by atoms with van der Waals surface area (Å²) in [5.74, 6) is 0. The van der Waals surface area contributed by atoms with Crippen molar-refractivity contribution in [3.05, 3.63) is 41.1 Å². The molecule has 0 N–H and O–H groups in total. The molecule has 122 valence electrons. The topological polar surface area (TPSA) is 32.3 Å². The predicted molar refractivity (Wildman–Crippen MR) is 94.7 cm³/mol. The molecule has 0 bridgehead atoms. The van der Waals surface area contributed by atoms with Crippen LogP contribution < -0.4 is 4.90 Å². The molecular formula is C18H24N4S. The standard InChI is InChI=1S/C18H24N4S/c1-3-16(13-19-7-1)22-10-5-18(6-11-22)4-2-9-21(15-18)14-17-20-8-12-23-17/h1,3,7-8,12-13H,2,4-6,9-11,14-15H2. The Morgan fingerprint density at radius 2 is 2.04 bits per heavy atom. The van der Waals surface area contributed by atoms with Gasteiger partial charge in [-0.15, -0.1) is 11.3 Å². The zero-order valence-corrected chi connectivity index (χ0v) is 14.3. The molecule has 4 nitrogen and oxygen atoms in total. The van der Waals surface area contributed by atoms with Crippen molar-refractivity contribution in [3.8, 4) is 0 Å². The predicted octanol–water partition coefficient (Wildman–Crippen LogP) is 3.42. The lowest BCUT2D eigenvalue weighted by atomic mass is 9.72. The van der Waals surface area contributed by atoms with E-state index in [2.05, 4.69) is 31.2 Å². The Labute approximate surface area is 142 Å². The SMILES string of the molecule is c1cncc(N2CCC3(CCCN(Cc4nccs4)C3)CC2)c1. The Morgan fingerprint density at radius 3 is 2.78 bits per heavy atom. The van der Waals surface area contributed by atoms with Crippen LogP contribution in [0.15, 0.2) is 36.1 Å². The summed E-state index contributed by atoms with van der Waals surface area (Å²) in [5, 5.41) is 3.34. The highest BCUT2D eigenvalue weighted by Gasteiger charge is 2.38. The van der Waals surface area contributed by atoms with E-state index in [0.29, 0.717) is 5.41 Å². The molecule has 2 aliphatic rings. The number of hydrogen-bond acceptors (Lipinski definition) is 5. The van der Waals surface area contributed by atoms with Crippen LogP contribution in [-0.4, -0.2) is 41.0 Å². The van der Waals surface area contributed by atoms with E-state index in [1.165, 1.54) is 49.5 Å². The number of pyridine rings is 1. The van der Waals surface area contributed by atoms with Gasteiger partial charge in [-0.05, 0) is 49.8 Å². The van der Waals surface area contributed by atoms with E-state index in [4.69, 9.17) is 0 Å². The molecule has 0 aromatic carbocycles. The van der Waals surface area contributed by atoms with Crippen LogP contribution in [-0.2, 0) is 6.54 Å². The van der Waals surface area contributed by atoms with Crippen LogP contribution in [0.25, 0.3) is 0 Å². The molecule has 5 heteroatoms. The van der Waals surface area contributed by atoms with Gasteiger partial charge in [-0.1, -0.05) is 0 Å². The van der Waals surface area contributed by atoms with Gasteiger partial charge in [0.1, 0.15) is 5.01 Å². The highest BCUT2D eigenvalue weighted by Crippen LogP contribution is 2.41. The summed E-state index contributed by atoms with van der Waals surface area (Å²) in [6, 6.07) is 4.22. The number of aromatic nitrogens is 2. The van der Waals surface area contributed by atoms with Gasteiger partial charge in [0.15, 0.2) is 0 Å². The second-order valence-electron chi connectivity index (χ2n) is 6.94. The van der Waals surface area contributed by atoms with Crippen LogP contribution in [0.4, 0.5) is 5.69 Å². The van der Waals surface area contributed by atoms with Gasteiger partial charge in [0.25, 0.3) is 0 Å². The third kappa shape index (κ3) is 3.40. The van der Waals surface area contributed by atoms with Gasteiger partial charge >= 0.3 is 0 Å². The molecule has 1 spiro atoms. The number of piperidine rings is 2. The van der Waals surface area contributed by atoms with Crippen molar-refractivity contribution in [2.45, 2.75) is 32.2 Å². The zero-order valence-electron chi connectivity index (χ0n) is 13.5. The molecule has 2 fully saturated rings. The zero-order chi connectivity index (χ0) is 15.5. The van der Waals surface area contributed by atoms with Gasteiger partial charge in [-0.3, -0.25) is 9.88 Å². The maximum absolute atomic E-state index is 4.46. The second kappa shape index (κ2) is 6.57. The molecule has 0 amide bonds. The summed E-state index contributed by atoms with van der Waals surface area (Å²) in [6.45, 7) is 5.83. The summed E-state index contributed by atoms with van der Waals surface area (Å²) in [6.07, 6.45) is 11.1. The molecule has 2 aromatic rings. The molecule has 0 saturated carbocycles. The van der Waals surface area contributed by atoms with Gasteiger partial charge in [-0.25, -0.2) is 4.98 Å². The van der Waals surface area contributed by atoms with Crippen LogP contribution >= 0.6 is 11.3 Å². The minimum absolute atomic E-state index is 0.522. The van der Waals surface area contributed by atoms with Gasteiger partial charge in [0.05, 0.1) is 18.4 Å². The van der Waals surface area contributed by atoms with Crippen molar-refractivity contribution in [3.63, 3.8) is 0 Å². The lowest BCUT2D eigenvalue weighted by Gasteiger charge is -2.48.